The average molecular weight is 294 g/mol. The van der Waals surface area contributed by atoms with Crippen LogP contribution in [0.3, 0.4) is 0 Å². The number of aromatic carboxylic acids is 1. The second kappa shape index (κ2) is 6.21. The third-order valence-electron chi connectivity index (χ3n) is 2.78. The Kier molecular flexibility index (Phi) is 4.37. The molecular formula is C15H12F2O4. The highest BCUT2D eigenvalue weighted by atomic mass is 19.1. The number of carboxylic acid groups (broad SMARTS) is 1. The Bertz CT molecular complexity index is 671. The summed E-state index contributed by atoms with van der Waals surface area (Å²) in [6, 6.07) is 7.26. The van der Waals surface area contributed by atoms with Gasteiger partial charge < -0.3 is 14.6 Å². The van der Waals surface area contributed by atoms with Gasteiger partial charge in [-0.05, 0) is 29.8 Å². The highest BCUT2D eigenvalue weighted by molar-refractivity contribution is 5.90. The minimum absolute atomic E-state index is 0.0122. The molecule has 2 aromatic carbocycles. The van der Waals surface area contributed by atoms with Crippen molar-refractivity contribution in [3.8, 4) is 11.5 Å². The van der Waals surface area contributed by atoms with Crippen LogP contribution in [0, 0.1) is 11.6 Å². The Labute approximate surface area is 119 Å². The number of methoxy groups -OCH3 is 1. The summed E-state index contributed by atoms with van der Waals surface area (Å²) in [5, 5.41) is 8.96. The minimum Gasteiger partial charge on any atom is -0.496 e. The summed E-state index contributed by atoms with van der Waals surface area (Å²) in [4.78, 5) is 11.0. The monoisotopic (exact) mass is 294 g/mol. The van der Waals surface area contributed by atoms with Crippen molar-refractivity contribution in [1.82, 2.24) is 0 Å². The van der Waals surface area contributed by atoms with Crippen molar-refractivity contribution >= 4 is 5.97 Å². The molecule has 21 heavy (non-hydrogen) atoms. The number of ether oxygens (including phenoxy) is 2. The number of carboxylic acids is 1. The SMILES string of the molecule is COc1cc(COc2cc(F)ccc2F)ccc1C(=O)O. The molecule has 0 atom stereocenters. The van der Waals surface area contributed by atoms with E-state index in [-0.39, 0.29) is 23.7 Å². The van der Waals surface area contributed by atoms with Crippen LogP contribution < -0.4 is 9.47 Å². The fourth-order valence-electron chi connectivity index (χ4n) is 1.75. The van der Waals surface area contributed by atoms with Crippen LogP contribution in [0.1, 0.15) is 15.9 Å². The van der Waals surface area contributed by atoms with Crippen molar-refractivity contribution in [2.45, 2.75) is 6.61 Å². The van der Waals surface area contributed by atoms with Crippen molar-refractivity contribution in [3.63, 3.8) is 0 Å². The molecule has 6 heteroatoms. The van der Waals surface area contributed by atoms with Gasteiger partial charge in [-0.3, -0.25) is 0 Å². The van der Waals surface area contributed by atoms with Gasteiger partial charge in [0.25, 0.3) is 0 Å². The van der Waals surface area contributed by atoms with Gasteiger partial charge in [-0.15, -0.1) is 0 Å². The molecule has 0 saturated carbocycles. The van der Waals surface area contributed by atoms with Gasteiger partial charge in [0.05, 0.1) is 7.11 Å². The minimum atomic E-state index is -1.12. The fourth-order valence-corrected chi connectivity index (χ4v) is 1.75. The smallest absolute Gasteiger partial charge is 0.339 e. The van der Waals surface area contributed by atoms with E-state index >= 15 is 0 Å². The first-order valence-corrected chi connectivity index (χ1v) is 5.99. The maximum atomic E-state index is 13.4. The van der Waals surface area contributed by atoms with Gasteiger partial charge in [0.2, 0.25) is 0 Å². The third kappa shape index (κ3) is 3.47. The molecule has 0 saturated heterocycles. The summed E-state index contributed by atoms with van der Waals surface area (Å²) in [6.45, 7) is -0.0450. The van der Waals surface area contributed by atoms with Crippen LogP contribution in [-0.2, 0) is 6.61 Å². The quantitative estimate of drug-likeness (QED) is 0.919. The number of hydrogen-bond donors (Lipinski definition) is 1. The van der Waals surface area contributed by atoms with Crippen LogP contribution in [0.4, 0.5) is 8.78 Å². The molecule has 0 spiro atoms. The molecule has 4 nitrogen and oxygen atoms in total. The lowest BCUT2D eigenvalue weighted by atomic mass is 10.1. The van der Waals surface area contributed by atoms with Crippen molar-refractivity contribution < 1.29 is 28.2 Å². The molecule has 2 aromatic rings. The summed E-state index contributed by atoms with van der Waals surface area (Å²) in [6.07, 6.45) is 0. The van der Waals surface area contributed by atoms with Gasteiger partial charge in [-0.1, -0.05) is 6.07 Å². The average Bonchev–Trinajstić information content (AvgIpc) is 2.47. The normalized spacial score (nSPS) is 10.2. The predicted octanol–water partition coefficient (Wildman–Crippen LogP) is 3.25. The molecule has 110 valence electrons. The molecule has 0 heterocycles. The second-order valence-corrected chi connectivity index (χ2v) is 4.20. The molecule has 0 radical (unpaired) electrons. The topological polar surface area (TPSA) is 55.8 Å². The summed E-state index contributed by atoms with van der Waals surface area (Å²) in [5.74, 6) is -2.44. The lowest BCUT2D eigenvalue weighted by Crippen LogP contribution is -2.03. The zero-order valence-corrected chi connectivity index (χ0v) is 11.1. The molecular weight excluding hydrogens is 282 g/mol. The molecule has 0 aliphatic rings. The Morgan fingerprint density at radius 3 is 2.57 bits per heavy atom. The number of carbonyl (C=O) groups is 1. The molecule has 1 N–H and O–H groups in total. The molecule has 0 bridgehead atoms. The first-order chi connectivity index (χ1) is 10.0. The molecule has 0 aromatic heterocycles. The number of hydrogen-bond acceptors (Lipinski definition) is 3. The van der Waals surface area contributed by atoms with E-state index in [9.17, 15) is 13.6 Å². The van der Waals surface area contributed by atoms with Gasteiger partial charge in [-0.25, -0.2) is 13.6 Å². The van der Waals surface area contributed by atoms with Gasteiger partial charge in [0.1, 0.15) is 23.7 Å². The lowest BCUT2D eigenvalue weighted by molar-refractivity contribution is 0.0693. The summed E-state index contributed by atoms with van der Waals surface area (Å²) < 4.78 is 36.6. The highest BCUT2D eigenvalue weighted by Crippen LogP contribution is 2.23. The predicted molar refractivity (Wildman–Crippen MR) is 70.6 cm³/mol. The van der Waals surface area contributed by atoms with Crippen LogP contribution in [0.5, 0.6) is 11.5 Å². The Balaban J connectivity index is 2.17. The second-order valence-electron chi connectivity index (χ2n) is 4.20. The summed E-state index contributed by atoms with van der Waals surface area (Å²) in [7, 11) is 1.35. The van der Waals surface area contributed by atoms with Crippen molar-refractivity contribution in [2.24, 2.45) is 0 Å². The van der Waals surface area contributed by atoms with Crippen LogP contribution in [0.2, 0.25) is 0 Å². The molecule has 0 unspecified atom stereocenters. The standard InChI is InChI=1S/C15H12F2O4/c1-20-13-6-9(2-4-11(13)15(18)19)8-21-14-7-10(16)3-5-12(14)17/h2-7H,8H2,1H3,(H,18,19). The van der Waals surface area contributed by atoms with E-state index in [1.54, 1.807) is 0 Å². The van der Waals surface area contributed by atoms with E-state index in [1.165, 1.54) is 25.3 Å². The van der Waals surface area contributed by atoms with Crippen LogP contribution in [0.15, 0.2) is 36.4 Å². The molecule has 0 fully saturated rings. The zero-order chi connectivity index (χ0) is 15.4. The van der Waals surface area contributed by atoms with E-state index in [4.69, 9.17) is 14.6 Å². The molecule has 0 amide bonds. The Morgan fingerprint density at radius 2 is 1.90 bits per heavy atom. The third-order valence-corrected chi connectivity index (χ3v) is 2.78. The van der Waals surface area contributed by atoms with Gasteiger partial charge in [0.15, 0.2) is 11.6 Å². The van der Waals surface area contributed by atoms with E-state index < -0.39 is 17.6 Å². The van der Waals surface area contributed by atoms with Crippen LogP contribution >= 0.6 is 0 Å². The van der Waals surface area contributed by atoms with Crippen molar-refractivity contribution in [2.75, 3.05) is 7.11 Å². The molecule has 0 aliphatic heterocycles. The first kappa shape index (κ1) is 14.8. The number of halogens is 2. The van der Waals surface area contributed by atoms with E-state index in [2.05, 4.69) is 0 Å². The van der Waals surface area contributed by atoms with Gasteiger partial charge in [0, 0.05) is 6.07 Å². The highest BCUT2D eigenvalue weighted by Gasteiger charge is 2.12. The van der Waals surface area contributed by atoms with E-state index in [0.717, 1.165) is 18.2 Å². The number of rotatable bonds is 5. The fraction of sp³-hybridized carbons (Fsp3) is 0.133. The lowest BCUT2D eigenvalue weighted by Gasteiger charge is -2.10. The zero-order valence-electron chi connectivity index (χ0n) is 11.1. The van der Waals surface area contributed by atoms with Crippen LogP contribution in [0.25, 0.3) is 0 Å². The van der Waals surface area contributed by atoms with Gasteiger partial charge >= 0.3 is 5.97 Å². The molecule has 0 aliphatic carbocycles. The first-order valence-electron chi connectivity index (χ1n) is 5.99. The number of benzene rings is 2. The summed E-state index contributed by atoms with van der Waals surface area (Å²) in [5.41, 5.74) is 0.582. The maximum absolute atomic E-state index is 13.4. The van der Waals surface area contributed by atoms with Crippen LogP contribution in [-0.4, -0.2) is 18.2 Å². The van der Waals surface area contributed by atoms with E-state index in [1.807, 2.05) is 0 Å². The Hall–Kier alpha value is -2.63. The largest absolute Gasteiger partial charge is 0.496 e. The van der Waals surface area contributed by atoms with E-state index in [0.29, 0.717) is 5.56 Å². The van der Waals surface area contributed by atoms with Gasteiger partial charge in [-0.2, -0.15) is 0 Å². The van der Waals surface area contributed by atoms with Crippen molar-refractivity contribution in [3.05, 3.63) is 59.2 Å². The molecule has 2 rings (SSSR count). The summed E-state index contributed by atoms with van der Waals surface area (Å²) >= 11 is 0. The Morgan fingerprint density at radius 1 is 1.14 bits per heavy atom. The maximum Gasteiger partial charge on any atom is 0.339 e. The van der Waals surface area contributed by atoms with Crippen molar-refractivity contribution in [1.29, 1.82) is 0 Å².